The highest BCUT2D eigenvalue weighted by atomic mass is 35.5. The molecule has 0 aliphatic carbocycles. The van der Waals surface area contributed by atoms with E-state index in [1.54, 1.807) is 11.3 Å². The lowest BCUT2D eigenvalue weighted by Gasteiger charge is -2.34. The highest BCUT2D eigenvalue weighted by molar-refractivity contribution is 7.16. The van der Waals surface area contributed by atoms with Gasteiger partial charge < -0.3 is 10.1 Å². The molecule has 1 aromatic rings. The largest absolute Gasteiger partial charge is 0.374 e. The normalized spacial score (nSPS) is 25.5. The van der Waals surface area contributed by atoms with E-state index in [0.717, 1.165) is 36.8 Å². The number of ether oxygens (including phenoxy) is 1. The molecular formula is C14H22ClNOS. The van der Waals surface area contributed by atoms with Gasteiger partial charge in [-0.2, -0.15) is 0 Å². The molecule has 1 aliphatic rings. The Kier molecular flexibility index (Phi) is 5.07. The lowest BCUT2D eigenvalue weighted by atomic mass is 9.90. The van der Waals surface area contributed by atoms with Gasteiger partial charge in [-0.3, -0.25) is 0 Å². The summed E-state index contributed by atoms with van der Waals surface area (Å²) >= 11 is 7.69. The first-order chi connectivity index (χ1) is 8.64. The Hall–Kier alpha value is -0.0900. The van der Waals surface area contributed by atoms with Crippen LogP contribution >= 0.6 is 22.9 Å². The van der Waals surface area contributed by atoms with E-state index >= 15 is 0 Å². The fourth-order valence-electron chi connectivity index (χ4n) is 2.56. The monoisotopic (exact) mass is 287 g/mol. The van der Waals surface area contributed by atoms with Crippen LogP contribution in [0.25, 0.3) is 0 Å². The van der Waals surface area contributed by atoms with Crippen molar-refractivity contribution in [2.75, 3.05) is 13.2 Å². The number of nitrogens with one attached hydrogen (secondary N) is 1. The van der Waals surface area contributed by atoms with Gasteiger partial charge >= 0.3 is 0 Å². The van der Waals surface area contributed by atoms with E-state index in [2.05, 4.69) is 25.2 Å². The molecule has 0 aromatic carbocycles. The van der Waals surface area contributed by atoms with Crippen molar-refractivity contribution in [3.05, 3.63) is 21.3 Å². The Morgan fingerprint density at radius 3 is 2.94 bits per heavy atom. The molecule has 2 unspecified atom stereocenters. The number of rotatable bonds is 6. The standard InChI is InChI=1S/C14H22ClNOS/c1-3-8-16-12(14(2)7-4-9-17-14)10-11-5-6-13(15)18-11/h5-6,12,16H,3-4,7-10H2,1-2H3. The zero-order chi connectivity index (χ0) is 13.0. The first-order valence-electron chi connectivity index (χ1n) is 6.75. The molecule has 1 N–H and O–H groups in total. The Balaban J connectivity index is 2.04. The highest BCUT2D eigenvalue weighted by Gasteiger charge is 2.38. The van der Waals surface area contributed by atoms with Gasteiger partial charge in [-0.15, -0.1) is 11.3 Å². The SMILES string of the molecule is CCCNC(Cc1ccc(Cl)s1)C1(C)CCCO1. The van der Waals surface area contributed by atoms with Crippen LogP contribution in [0.5, 0.6) is 0 Å². The van der Waals surface area contributed by atoms with Crippen LogP contribution in [0.3, 0.4) is 0 Å². The van der Waals surface area contributed by atoms with Crippen molar-refractivity contribution in [3.8, 4) is 0 Å². The number of hydrogen-bond donors (Lipinski definition) is 1. The average Bonchev–Trinajstić information content (AvgIpc) is 2.94. The molecule has 2 nitrogen and oxygen atoms in total. The molecule has 1 aliphatic heterocycles. The molecule has 0 spiro atoms. The van der Waals surface area contributed by atoms with Crippen LogP contribution in [0.2, 0.25) is 4.34 Å². The van der Waals surface area contributed by atoms with Crippen molar-refractivity contribution in [2.45, 2.75) is 51.2 Å². The predicted octanol–water partition coefficient (Wildman–Crippen LogP) is 3.88. The van der Waals surface area contributed by atoms with E-state index in [1.807, 2.05) is 6.07 Å². The first-order valence-corrected chi connectivity index (χ1v) is 7.95. The number of halogens is 1. The molecule has 2 atom stereocenters. The third-order valence-electron chi connectivity index (χ3n) is 3.66. The van der Waals surface area contributed by atoms with E-state index in [-0.39, 0.29) is 5.60 Å². The van der Waals surface area contributed by atoms with Gasteiger partial charge in [0.15, 0.2) is 0 Å². The van der Waals surface area contributed by atoms with Crippen LogP contribution in [0.15, 0.2) is 12.1 Å². The topological polar surface area (TPSA) is 21.3 Å². The van der Waals surface area contributed by atoms with Crippen LogP contribution in [0.1, 0.15) is 38.0 Å². The minimum atomic E-state index is -0.0222. The molecule has 1 aromatic heterocycles. The van der Waals surface area contributed by atoms with Crippen LogP contribution in [0, 0.1) is 0 Å². The lowest BCUT2D eigenvalue weighted by Crippen LogP contribution is -2.50. The van der Waals surface area contributed by atoms with Crippen molar-refractivity contribution in [2.24, 2.45) is 0 Å². The summed E-state index contributed by atoms with van der Waals surface area (Å²) in [7, 11) is 0. The molecular weight excluding hydrogens is 266 g/mol. The fourth-order valence-corrected chi connectivity index (χ4v) is 3.69. The summed E-state index contributed by atoms with van der Waals surface area (Å²) in [5.41, 5.74) is -0.0222. The van der Waals surface area contributed by atoms with Crippen LogP contribution < -0.4 is 5.32 Å². The maximum absolute atomic E-state index is 6.01. The minimum absolute atomic E-state index is 0.0222. The van der Waals surface area contributed by atoms with E-state index in [1.165, 1.54) is 11.3 Å². The average molecular weight is 288 g/mol. The van der Waals surface area contributed by atoms with Crippen molar-refractivity contribution in [3.63, 3.8) is 0 Å². The van der Waals surface area contributed by atoms with Gasteiger partial charge in [0.05, 0.1) is 9.94 Å². The summed E-state index contributed by atoms with van der Waals surface area (Å²) < 4.78 is 6.86. The van der Waals surface area contributed by atoms with Crippen LogP contribution in [-0.2, 0) is 11.2 Å². The van der Waals surface area contributed by atoms with Crippen molar-refractivity contribution in [1.82, 2.24) is 5.32 Å². The van der Waals surface area contributed by atoms with Gasteiger partial charge in [0.1, 0.15) is 0 Å². The zero-order valence-corrected chi connectivity index (χ0v) is 12.7. The third kappa shape index (κ3) is 3.47. The Morgan fingerprint density at radius 2 is 2.39 bits per heavy atom. The van der Waals surface area contributed by atoms with Gasteiger partial charge in [-0.25, -0.2) is 0 Å². The molecule has 18 heavy (non-hydrogen) atoms. The molecule has 102 valence electrons. The molecule has 4 heteroatoms. The summed E-state index contributed by atoms with van der Waals surface area (Å²) in [5.74, 6) is 0. The molecule has 0 bridgehead atoms. The smallest absolute Gasteiger partial charge is 0.0931 e. The molecule has 2 rings (SSSR count). The van der Waals surface area contributed by atoms with Crippen molar-refractivity contribution < 1.29 is 4.74 Å². The number of hydrogen-bond acceptors (Lipinski definition) is 3. The second-order valence-electron chi connectivity index (χ2n) is 5.18. The Labute approximate surface area is 119 Å². The van der Waals surface area contributed by atoms with E-state index in [0.29, 0.717) is 6.04 Å². The van der Waals surface area contributed by atoms with Gasteiger partial charge in [0.25, 0.3) is 0 Å². The fraction of sp³-hybridized carbons (Fsp3) is 0.714. The molecule has 0 amide bonds. The summed E-state index contributed by atoms with van der Waals surface area (Å²) in [4.78, 5) is 1.34. The Bertz CT molecular complexity index is 374. The summed E-state index contributed by atoms with van der Waals surface area (Å²) in [6.45, 7) is 6.38. The predicted molar refractivity (Wildman–Crippen MR) is 78.7 cm³/mol. The first kappa shape index (κ1) is 14.3. The van der Waals surface area contributed by atoms with Gasteiger partial charge in [-0.1, -0.05) is 18.5 Å². The maximum atomic E-state index is 6.01. The Morgan fingerprint density at radius 1 is 1.56 bits per heavy atom. The summed E-state index contributed by atoms with van der Waals surface area (Å²) in [5, 5.41) is 3.65. The van der Waals surface area contributed by atoms with Crippen LogP contribution in [-0.4, -0.2) is 24.8 Å². The number of thiophene rings is 1. The van der Waals surface area contributed by atoms with E-state index in [9.17, 15) is 0 Å². The third-order valence-corrected chi connectivity index (χ3v) is 4.91. The molecule has 0 saturated carbocycles. The molecule has 2 heterocycles. The van der Waals surface area contributed by atoms with Crippen LogP contribution in [0.4, 0.5) is 0 Å². The van der Waals surface area contributed by atoms with E-state index < -0.39 is 0 Å². The van der Waals surface area contributed by atoms with Gasteiger partial charge in [-0.05, 0) is 51.3 Å². The van der Waals surface area contributed by atoms with Crippen molar-refractivity contribution in [1.29, 1.82) is 0 Å². The summed E-state index contributed by atoms with van der Waals surface area (Å²) in [6.07, 6.45) is 4.48. The molecule has 1 fully saturated rings. The molecule has 0 radical (unpaired) electrons. The quantitative estimate of drug-likeness (QED) is 0.857. The van der Waals surface area contributed by atoms with Gasteiger partial charge in [0.2, 0.25) is 0 Å². The maximum Gasteiger partial charge on any atom is 0.0931 e. The zero-order valence-electron chi connectivity index (χ0n) is 11.2. The second kappa shape index (κ2) is 6.38. The van der Waals surface area contributed by atoms with E-state index in [4.69, 9.17) is 16.3 Å². The van der Waals surface area contributed by atoms with Crippen molar-refractivity contribution >= 4 is 22.9 Å². The second-order valence-corrected chi connectivity index (χ2v) is 6.98. The minimum Gasteiger partial charge on any atom is -0.374 e. The lowest BCUT2D eigenvalue weighted by molar-refractivity contribution is -0.0112. The summed E-state index contributed by atoms with van der Waals surface area (Å²) in [6, 6.07) is 4.50. The molecule has 1 saturated heterocycles. The highest BCUT2D eigenvalue weighted by Crippen LogP contribution is 2.32. The van der Waals surface area contributed by atoms with Gasteiger partial charge in [0, 0.05) is 17.5 Å².